The Morgan fingerprint density at radius 3 is 2.19 bits per heavy atom. The van der Waals surface area contributed by atoms with Crippen molar-refractivity contribution in [3.8, 4) is 16.9 Å². The van der Waals surface area contributed by atoms with Gasteiger partial charge in [0.1, 0.15) is 11.3 Å². The van der Waals surface area contributed by atoms with Crippen LogP contribution in [0.15, 0.2) is 71.7 Å². The normalized spacial score (nSPS) is 12.2. The Morgan fingerprint density at radius 1 is 0.750 bits per heavy atom. The molecule has 2 aromatic heterocycles. The van der Waals surface area contributed by atoms with Crippen LogP contribution in [0.1, 0.15) is 5.56 Å². The van der Waals surface area contributed by atoms with Crippen molar-refractivity contribution in [1.82, 2.24) is 19.9 Å². The van der Waals surface area contributed by atoms with Crippen molar-refractivity contribution in [2.75, 3.05) is 6.61 Å². The third kappa shape index (κ3) is 4.26. The van der Waals surface area contributed by atoms with E-state index in [1.54, 1.807) is 36.9 Å². The summed E-state index contributed by atoms with van der Waals surface area (Å²) in [6, 6.07) is 13.6. The Kier molecular flexibility index (Phi) is 5.91. The van der Waals surface area contributed by atoms with Crippen LogP contribution in [0.2, 0.25) is 10.0 Å². The van der Waals surface area contributed by atoms with Crippen LogP contribution in [0.3, 0.4) is 0 Å². The summed E-state index contributed by atoms with van der Waals surface area (Å²) in [5, 5.41) is 1.33. The van der Waals surface area contributed by atoms with Gasteiger partial charge in [-0.05, 0) is 63.5 Å². The fourth-order valence-electron chi connectivity index (χ4n) is 3.61. The Bertz CT molecular complexity index is 1460. The lowest BCUT2D eigenvalue weighted by Gasteiger charge is -2.08. The van der Waals surface area contributed by atoms with Crippen molar-refractivity contribution >= 4 is 61.2 Å². The van der Waals surface area contributed by atoms with E-state index in [0.29, 0.717) is 10.0 Å². The van der Waals surface area contributed by atoms with E-state index in [-0.39, 0.29) is 0 Å². The van der Waals surface area contributed by atoms with Gasteiger partial charge in [0.15, 0.2) is 0 Å². The summed E-state index contributed by atoms with van der Waals surface area (Å²) in [7, 11) is 0. The molecule has 1 aliphatic rings. The number of nitrogens with zero attached hydrogens (tertiary/aromatic N) is 4. The molecule has 0 spiro atoms. The molecule has 0 amide bonds. The number of benzene rings is 3. The minimum Gasteiger partial charge on any atom is -0.493 e. The summed E-state index contributed by atoms with van der Waals surface area (Å²) >= 11 is 15.4. The Hall–Kier alpha value is -2.80. The molecule has 3 aromatic carbocycles. The van der Waals surface area contributed by atoms with Crippen molar-refractivity contribution in [1.29, 1.82) is 0 Å². The first-order valence-corrected chi connectivity index (χ1v) is 11.4. The Morgan fingerprint density at radius 2 is 1.41 bits per heavy atom. The third-order valence-corrected chi connectivity index (χ3v) is 6.07. The highest BCUT2D eigenvalue weighted by molar-refractivity contribution is 9.10. The summed E-state index contributed by atoms with van der Waals surface area (Å²) < 4.78 is 6.42. The first-order valence-electron chi connectivity index (χ1n) is 9.80. The Labute approximate surface area is 202 Å². The maximum absolute atomic E-state index is 6.20. The van der Waals surface area contributed by atoms with Crippen molar-refractivity contribution < 1.29 is 4.74 Å². The highest BCUT2D eigenvalue weighted by Crippen LogP contribution is 2.34. The van der Waals surface area contributed by atoms with Gasteiger partial charge in [0, 0.05) is 51.3 Å². The number of hydrogen-bond acceptors (Lipinski definition) is 5. The molecule has 0 N–H and O–H groups in total. The van der Waals surface area contributed by atoms with Crippen LogP contribution in [0.4, 0.5) is 0 Å². The fourth-order valence-corrected chi connectivity index (χ4v) is 4.72. The lowest BCUT2D eigenvalue weighted by molar-refractivity contribution is 0.357. The molecule has 0 fully saturated rings. The van der Waals surface area contributed by atoms with E-state index in [1.807, 2.05) is 24.3 Å². The van der Waals surface area contributed by atoms with Crippen LogP contribution >= 0.6 is 39.1 Å². The second-order valence-corrected chi connectivity index (χ2v) is 8.84. The van der Waals surface area contributed by atoms with Gasteiger partial charge in [0.2, 0.25) is 0 Å². The number of rotatable bonds is 1. The van der Waals surface area contributed by atoms with Crippen molar-refractivity contribution in [3.05, 3.63) is 87.3 Å². The van der Waals surface area contributed by atoms with Gasteiger partial charge in [-0.15, -0.1) is 0 Å². The number of aromatic nitrogens is 4. The van der Waals surface area contributed by atoms with E-state index in [2.05, 4.69) is 41.9 Å². The van der Waals surface area contributed by atoms with E-state index in [1.165, 1.54) is 5.56 Å². The van der Waals surface area contributed by atoms with Gasteiger partial charge < -0.3 is 4.74 Å². The highest BCUT2D eigenvalue weighted by Gasteiger charge is 2.14. The topological polar surface area (TPSA) is 60.8 Å². The van der Waals surface area contributed by atoms with E-state index in [0.717, 1.165) is 56.4 Å². The molecule has 0 saturated carbocycles. The fraction of sp³-hybridized carbons (Fsp3) is 0.0833. The molecule has 1 aliphatic heterocycles. The average Bonchev–Trinajstić information content (AvgIpc) is 3.27. The van der Waals surface area contributed by atoms with Gasteiger partial charge in [-0.25, -0.2) is 0 Å². The molecule has 5 nitrogen and oxygen atoms in total. The molecule has 0 atom stereocenters. The number of hydrogen-bond donors (Lipinski definition) is 0. The van der Waals surface area contributed by atoms with E-state index in [4.69, 9.17) is 27.9 Å². The zero-order chi connectivity index (χ0) is 22.1. The largest absolute Gasteiger partial charge is 0.493 e. The van der Waals surface area contributed by atoms with Gasteiger partial charge in [-0.1, -0.05) is 29.3 Å². The van der Waals surface area contributed by atoms with E-state index >= 15 is 0 Å². The van der Waals surface area contributed by atoms with Crippen molar-refractivity contribution in [2.24, 2.45) is 0 Å². The second-order valence-electron chi connectivity index (χ2n) is 7.11. The summed E-state index contributed by atoms with van der Waals surface area (Å²) in [4.78, 5) is 17.0. The number of ether oxygens (including phenoxy) is 1. The first-order chi connectivity index (χ1) is 15.6. The minimum atomic E-state index is 0.662. The van der Waals surface area contributed by atoms with Crippen molar-refractivity contribution in [2.45, 2.75) is 6.42 Å². The Balaban J connectivity index is 0.000000154. The molecule has 6 rings (SSSR count). The second kappa shape index (κ2) is 8.98. The van der Waals surface area contributed by atoms with Crippen LogP contribution in [0, 0.1) is 0 Å². The predicted molar refractivity (Wildman–Crippen MR) is 131 cm³/mol. The molecule has 158 valence electrons. The molecule has 0 aliphatic carbocycles. The van der Waals surface area contributed by atoms with E-state index < -0.39 is 0 Å². The van der Waals surface area contributed by atoms with Gasteiger partial charge >= 0.3 is 0 Å². The molecule has 0 unspecified atom stereocenters. The predicted octanol–water partition coefficient (Wildman–Crippen LogP) is 6.93. The zero-order valence-electron chi connectivity index (χ0n) is 16.6. The molecule has 0 radical (unpaired) electrons. The highest BCUT2D eigenvalue weighted by atomic mass is 79.9. The summed E-state index contributed by atoms with van der Waals surface area (Å²) in [5.74, 6) is 0.978. The minimum absolute atomic E-state index is 0.662. The lowest BCUT2D eigenvalue weighted by Crippen LogP contribution is -1.88. The summed E-state index contributed by atoms with van der Waals surface area (Å²) in [6.07, 6.45) is 7.63. The van der Waals surface area contributed by atoms with Crippen LogP contribution in [0.25, 0.3) is 33.2 Å². The monoisotopic (exact) mass is 524 g/mol. The third-order valence-electron chi connectivity index (χ3n) is 5.03. The number of halogens is 3. The molecule has 32 heavy (non-hydrogen) atoms. The molecule has 0 bridgehead atoms. The molecular formula is C24H15BrCl2N4O. The molecule has 8 heteroatoms. The van der Waals surface area contributed by atoms with Crippen LogP contribution in [0.5, 0.6) is 5.75 Å². The maximum atomic E-state index is 6.20. The maximum Gasteiger partial charge on any atom is 0.122 e. The van der Waals surface area contributed by atoms with Gasteiger partial charge in [-0.2, -0.15) is 0 Å². The van der Waals surface area contributed by atoms with E-state index in [9.17, 15) is 0 Å². The molecular weight excluding hydrogens is 511 g/mol. The van der Waals surface area contributed by atoms with Crippen molar-refractivity contribution in [3.63, 3.8) is 0 Å². The quantitative estimate of drug-likeness (QED) is 0.237. The van der Waals surface area contributed by atoms with Gasteiger partial charge in [0.05, 0.1) is 23.2 Å². The van der Waals surface area contributed by atoms with Crippen LogP contribution in [-0.4, -0.2) is 26.5 Å². The smallest absolute Gasteiger partial charge is 0.122 e. The molecule has 3 heterocycles. The standard InChI is InChI=1S/C16H11ClN2O.C8H4BrClN2/c17-12-8-13(16-14(9-12)18-4-5-19-16)10-1-2-15-11(7-10)3-6-20-15;9-6-3-5(10)4-7-8(6)12-2-1-11-7/h1-2,4-5,7-9H,3,6H2;1-4H. The lowest BCUT2D eigenvalue weighted by atomic mass is 10.0. The average molecular weight is 526 g/mol. The zero-order valence-corrected chi connectivity index (χ0v) is 19.7. The van der Waals surface area contributed by atoms with Gasteiger partial charge in [0.25, 0.3) is 0 Å². The van der Waals surface area contributed by atoms with Gasteiger partial charge in [-0.3, -0.25) is 19.9 Å². The number of fused-ring (bicyclic) bond motifs is 3. The van der Waals surface area contributed by atoms with Crippen LogP contribution in [-0.2, 0) is 6.42 Å². The summed E-state index contributed by atoms with van der Waals surface area (Å²) in [6.45, 7) is 0.759. The molecule has 0 saturated heterocycles. The van der Waals surface area contributed by atoms with Crippen LogP contribution < -0.4 is 4.74 Å². The first kappa shape index (κ1) is 21.1. The SMILES string of the molecule is Clc1cc(-c2ccc3c(c2)CCO3)c2nccnc2c1.Clc1cc(Br)c2nccnc2c1. The summed E-state index contributed by atoms with van der Waals surface area (Å²) in [5.41, 5.74) is 6.67. The molecule has 5 aromatic rings.